The van der Waals surface area contributed by atoms with Gasteiger partial charge in [-0.3, -0.25) is 4.79 Å². The number of rotatable bonds is 1. The number of hydrogen-bond donors (Lipinski definition) is 2. The molecular formula is C14H14F3NO4. The van der Waals surface area contributed by atoms with Crippen molar-refractivity contribution in [3.05, 3.63) is 35.1 Å². The molecule has 0 saturated carbocycles. The van der Waals surface area contributed by atoms with Gasteiger partial charge in [-0.2, -0.15) is 0 Å². The van der Waals surface area contributed by atoms with Crippen molar-refractivity contribution < 1.29 is 32.9 Å². The normalized spacial score (nSPS) is 32.0. The molecule has 2 heterocycles. The Morgan fingerprint density at radius 2 is 1.77 bits per heavy atom. The van der Waals surface area contributed by atoms with Gasteiger partial charge in [0, 0.05) is 0 Å². The highest BCUT2D eigenvalue weighted by molar-refractivity contribution is 5.81. The molecule has 3 unspecified atom stereocenters. The van der Waals surface area contributed by atoms with E-state index in [9.17, 15) is 28.2 Å². The molecule has 0 spiro atoms. The fourth-order valence-electron chi connectivity index (χ4n) is 3.13. The molecule has 120 valence electrons. The maximum Gasteiger partial charge on any atom is 0.280 e. The lowest BCUT2D eigenvalue weighted by atomic mass is 9.89. The predicted molar refractivity (Wildman–Crippen MR) is 66.6 cm³/mol. The molecule has 1 amide bonds. The average Bonchev–Trinajstić information content (AvgIpc) is 2.49. The third kappa shape index (κ3) is 2.37. The van der Waals surface area contributed by atoms with Gasteiger partial charge in [-0.05, 0) is 37.0 Å². The van der Waals surface area contributed by atoms with Gasteiger partial charge in [-0.25, -0.2) is 13.2 Å². The van der Waals surface area contributed by atoms with Gasteiger partial charge >= 0.3 is 0 Å². The summed E-state index contributed by atoms with van der Waals surface area (Å²) in [6.45, 7) is 0. The third-order valence-corrected chi connectivity index (χ3v) is 4.12. The number of benzene rings is 1. The summed E-state index contributed by atoms with van der Waals surface area (Å²) in [5.41, 5.74) is 0.0794. The number of aliphatic hydroxyl groups excluding tert-OH is 2. The Hall–Kier alpha value is -1.64. The van der Waals surface area contributed by atoms with Gasteiger partial charge in [0.05, 0.1) is 12.1 Å². The SMILES string of the molecule is O=C1C(O)OC(O)C2CCC[C@@H](c3cc(F)c(F)c(F)c3)N12. The number of morpholine rings is 1. The molecule has 2 aliphatic heterocycles. The summed E-state index contributed by atoms with van der Waals surface area (Å²) in [5, 5.41) is 19.3. The van der Waals surface area contributed by atoms with Crippen LogP contribution in [0.1, 0.15) is 30.9 Å². The van der Waals surface area contributed by atoms with Crippen LogP contribution in [-0.2, 0) is 9.53 Å². The highest BCUT2D eigenvalue weighted by Crippen LogP contribution is 2.39. The molecule has 0 aliphatic carbocycles. The molecule has 0 bridgehead atoms. The second kappa shape index (κ2) is 5.53. The molecule has 2 fully saturated rings. The second-order valence-electron chi connectivity index (χ2n) is 5.44. The minimum absolute atomic E-state index is 0.0794. The number of aliphatic hydroxyl groups is 2. The number of carbonyl (C=O) groups is 1. The maximum atomic E-state index is 13.4. The number of nitrogens with zero attached hydrogens (tertiary/aromatic N) is 1. The monoisotopic (exact) mass is 317 g/mol. The van der Waals surface area contributed by atoms with E-state index in [-0.39, 0.29) is 5.56 Å². The van der Waals surface area contributed by atoms with E-state index in [4.69, 9.17) is 4.74 Å². The number of amides is 1. The number of ether oxygens (including phenoxy) is 1. The highest BCUT2D eigenvalue weighted by atomic mass is 19.2. The average molecular weight is 317 g/mol. The molecule has 3 rings (SSSR count). The molecule has 22 heavy (non-hydrogen) atoms. The summed E-state index contributed by atoms with van der Waals surface area (Å²) in [5.74, 6) is -5.06. The van der Waals surface area contributed by atoms with E-state index >= 15 is 0 Å². The Labute approximate surface area is 123 Å². The molecule has 5 nitrogen and oxygen atoms in total. The number of hydrogen-bond acceptors (Lipinski definition) is 4. The van der Waals surface area contributed by atoms with Crippen LogP contribution in [0.2, 0.25) is 0 Å². The Balaban J connectivity index is 2.00. The first-order valence-corrected chi connectivity index (χ1v) is 6.88. The lowest BCUT2D eigenvalue weighted by Crippen LogP contribution is -2.60. The zero-order valence-electron chi connectivity index (χ0n) is 11.4. The first-order valence-electron chi connectivity index (χ1n) is 6.88. The van der Waals surface area contributed by atoms with Crippen molar-refractivity contribution in [2.45, 2.75) is 43.9 Å². The Bertz CT molecular complexity index is 589. The van der Waals surface area contributed by atoms with Crippen LogP contribution in [0.3, 0.4) is 0 Å². The van der Waals surface area contributed by atoms with Crippen molar-refractivity contribution in [3.8, 4) is 0 Å². The number of halogens is 3. The first-order chi connectivity index (χ1) is 10.4. The summed E-state index contributed by atoms with van der Waals surface area (Å²) in [6.07, 6.45) is -1.82. The lowest BCUT2D eigenvalue weighted by Gasteiger charge is -2.47. The van der Waals surface area contributed by atoms with Gasteiger partial charge in [0.1, 0.15) is 0 Å². The number of piperidine rings is 1. The highest BCUT2D eigenvalue weighted by Gasteiger charge is 2.46. The van der Waals surface area contributed by atoms with Crippen LogP contribution < -0.4 is 0 Å². The summed E-state index contributed by atoms with van der Waals surface area (Å²) in [4.78, 5) is 13.3. The zero-order chi connectivity index (χ0) is 16.0. The van der Waals surface area contributed by atoms with Gasteiger partial charge in [0.15, 0.2) is 23.7 Å². The van der Waals surface area contributed by atoms with Crippen molar-refractivity contribution in [2.24, 2.45) is 0 Å². The number of carbonyl (C=O) groups excluding carboxylic acids is 1. The maximum absolute atomic E-state index is 13.4. The van der Waals surface area contributed by atoms with E-state index < -0.39 is 48.0 Å². The van der Waals surface area contributed by atoms with Gasteiger partial charge in [0.2, 0.25) is 6.29 Å². The minimum Gasteiger partial charge on any atom is -0.366 e. The minimum atomic E-state index is -1.83. The summed E-state index contributed by atoms with van der Waals surface area (Å²) < 4.78 is 44.7. The summed E-state index contributed by atoms with van der Waals surface area (Å²) in [6, 6.07) is 0.176. The molecular weight excluding hydrogens is 303 g/mol. The topological polar surface area (TPSA) is 70.0 Å². The summed E-state index contributed by atoms with van der Waals surface area (Å²) in [7, 11) is 0. The second-order valence-corrected chi connectivity index (χ2v) is 5.44. The van der Waals surface area contributed by atoms with E-state index in [1.165, 1.54) is 4.90 Å². The molecule has 2 saturated heterocycles. The molecule has 0 radical (unpaired) electrons. The van der Waals surface area contributed by atoms with Crippen LogP contribution in [0.4, 0.5) is 13.2 Å². The summed E-state index contributed by atoms with van der Waals surface area (Å²) >= 11 is 0. The third-order valence-electron chi connectivity index (χ3n) is 4.12. The van der Waals surface area contributed by atoms with E-state index in [0.29, 0.717) is 19.3 Å². The van der Waals surface area contributed by atoms with Crippen molar-refractivity contribution in [3.63, 3.8) is 0 Å². The fraction of sp³-hybridized carbons (Fsp3) is 0.500. The molecule has 8 heteroatoms. The van der Waals surface area contributed by atoms with Gasteiger partial charge < -0.3 is 19.8 Å². The molecule has 0 aromatic heterocycles. The van der Waals surface area contributed by atoms with E-state index in [1.54, 1.807) is 0 Å². The van der Waals surface area contributed by atoms with Crippen LogP contribution >= 0.6 is 0 Å². The van der Waals surface area contributed by atoms with E-state index in [1.807, 2.05) is 0 Å². The molecule has 2 N–H and O–H groups in total. The standard InChI is InChI=1S/C14H14F3NO4/c15-7-4-6(5-8(16)11(7)17)9-2-1-3-10-13(20)22-14(21)12(19)18(9)10/h4-5,9-10,13-14,20-21H,1-3H2/t9-,10?,13?,14?/m0/s1. The van der Waals surface area contributed by atoms with E-state index in [0.717, 1.165) is 12.1 Å². The Morgan fingerprint density at radius 1 is 1.14 bits per heavy atom. The van der Waals surface area contributed by atoms with Gasteiger partial charge in [-0.15, -0.1) is 0 Å². The quantitative estimate of drug-likeness (QED) is 0.764. The van der Waals surface area contributed by atoms with Crippen LogP contribution in [0.15, 0.2) is 12.1 Å². The molecule has 1 aromatic carbocycles. The van der Waals surface area contributed by atoms with Gasteiger partial charge in [-0.1, -0.05) is 0 Å². The largest absolute Gasteiger partial charge is 0.366 e. The van der Waals surface area contributed by atoms with Gasteiger partial charge in [0.25, 0.3) is 5.91 Å². The first kappa shape index (κ1) is 15.3. The van der Waals surface area contributed by atoms with Crippen molar-refractivity contribution in [1.29, 1.82) is 0 Å². The predicted octanol–water partition coefficient (Wildman–Crippen LogP) is 1.19. The lowest BCUT2D eigenvalue weighted by molar-refractivity contribution is -0.267. The van der Waals surface area contributed by atoms with Crippen LogP contribution in [0.25, 0.3) is 0 Å². The molecule has 2 aliphatic rings. The van der Waals surface area contributed by atoms with E-state index in [2.05, 4.69) is 0 Å². The smallest absolute Gasteiger partial charge is 0.280 e. The number of fused-ring (bicyclic) bond motifs is 1. The molecule has 4 atom stereocenters. The van der Waals surface area contributed by atoms with Crippen molar-refractivity contribution in [1.82, 2.24) is 4.90 Å². The Kier molecular flexibility index (Phi) is 3.84. The van der Waals surface area contributed by atoms with Crippen molar-refractivity contribution in [2.75, 3.05) is 0 Å². The fourth-order valence-corrected chi connectivity index (χ4v) is 3.13. The Morgan fingerprint density at radius 3 is 2.41 bits per heavy atom. The van der Waals surface area contributed by atoms with Crippen LogP contribution in [0.5, 0.6) is 0 Å². The zero-order valence-corrected chi connectivity index (χ0v) is 11.4. The van der Waals surface area contributed by atoms with Crippen LogP contribution in [-0.4, -0.2) is 39.6 Å². The molecule has 1 aromatic rings. The van der Waals surface area contributed by atoms with Crippen LogP contribution in [0, 0.1) is 17.5 Å². The van der Waals surface area contributed by atoms with Crippen molar-refractivity contribution >= 4 is 5.91 Å².